The average molecular weight is 564 g/mol. The molecule has 2 N–H and O–H groups in total. The Hall–Kier alpha value is -4.57. The highest BCUT2D eigenvalue weighted by molar-refractivity contribution is 6.08. The number of ether oxygens (including phenoxy) is 3. The Balaban J connectivity index is 1.63. The minimum absolute atomic E-state index is 0.0721. The van der Waals surface area contributed by atoms with Crippen LogP contribution in [0.2, 0.25) is 0 Å². The highest BCUT2D eigenvalue weighted by atomic mass is 19.1. The number of amides is 2. The number of likely N-dealkylation sites (N-methyl/N-ethyl adjacent to an activating group) is 1. The molecule has 3 aromatic rings. The van der Waals surface area contributed by atoms with Crippen LogP contribution in [-0.2, 0) is 11.3 Å². The molecule has 1 aliphatic carbocycles. The normalized spacial score (nSPS) is 13.4. The number of furan rings is 1. The smallest absolute Gasteiger partial charge is 0.412 e. The zero-order valence-corrected chi connectivity index (χ0v) is 23.8. The van der Waals surface area contributed by atoms with E-state index in [1.807, 2.05) is 32.0 Å². The van der Waals surface area contributed by atoms with Crippen LogP contribution in [0.25, 0.3) is 17.2 Å². The number of halogens is 1. The van der Waals surface area contributed by atoms with Crippen LogP contribution in [-0.4, -0.2) is 58.3 Å². The van der Waals surface area contributed by atoms with Crippen LogP contribution in [0, 0.1) is 5.82 Å². The molecule has 1 aromatic heterocycles. The van der Waals surface area contributed by atoms with Crippen molar-refractivity contribution >= 4 is 29.2 Å². The van der Waals surface area contributed by atoms with E-state index in [9.17, 15) is 14.0 Å². The molecule has 0 saturated heterocycles. The molecule has 1 aliphatic rings. The number of rotatable bonds is 11. The van der Waals surface area contributed by atoms with Crippen LogP contribution in [0.15, 0.2) is 58.7 Å². The summed E-state index contributed by atoms with van der Waals surface area (Å²) in [7, 11) is 6.76. The molecule has 4 rings (SSSR count). The van der Waals surface area contributed by atoms with E-state index in [4.69, 9.17) is 18.6 Å². The molecular weight excluding hydrogens is 529 g/mol. The van der Waals surface area contributed by atoms with Gasteiger partial charge in [0.25, 0.3) is 0 Å². The predicted octanol–water partition coefficient (Wildman–Crippen LogP) is 5.12. The summed E-state index contributed by atoms with van der Waals surface area (Å²) in [6.07, 6.45) is 2.90. The van der Waals surface area contributed by atoms with Crippen LogP contribution in [0.3, 0.4) is 0 Å². The lowest BCUT2D eigenvalue weighted by Gasteiger charge is -2.16. The molecular formula is C31H34FN3O6. The summed E-state index contributed by atoms with van der Waals surface area (Å²) in [5, 5.41) is 5.55. The lowest BCUT2D eigenvalue weighted by Crippen LogP contribution is -2.33. The van der Waals surface area contributed by atoms with Gasteiger partial charge in [-0.05, 0) is 96.9 Å². The SMILES string of the molecule is COc1cc(C=C2C(C)=C(CC(=O)NCc3ccco3)c3cc(F)ccc32)cc(OC)c1OC(=O)NCCN(C)C. The van der Waals surface area contributed by atoms with Gasteiger partial charge in [0, 0.05) is 13.1 Å². The topological polar surface area (TPSA) is 102 Å². The molecule has 2 amide bonds. The van der Waals surface area contributed by atoms with E-state index in [1.54, 1.807) is 36.6 Å². The highest BCUT2D eigenvalue weighted by Crippen LogP contribution is 2.45. The largest absolute Gasteiger partial charge is 0.493 e. The van der Waals surface area contributed by atoms with E-state index in [0.29, 0.717) is 41.5 Å². The van der Waals surface area contributed by atoms with Crippen molar-refractivity contribution in [1.29, 1.82) is 0 Å². The molecule has 0 aliphatic heterocycles. The molecule has 9 nitrogen and oxygen atoms in total. The Morgan fingerprint density at radius 3 is 2.39 bits per heavy atom. The summed E-state index contributed by atoms with van der Waals surface area (Å²) in [4.78, 5) is 27.1. The Morgan fingerprint density at radius 2 is 1.76 bits per heavy atom. The van der Waals surface area contributed by atoms with Gasteiger partial charge in [-0.15, -0.1) is 0 Å². The second-order valence-electron chi connectivity index (χ2n) is 9.76. The van der Waals surface area contributed by atoms with Gasteiger partial charge < -0.3 is 34.2 Å². The lowest BCUT2D eigenvalue weighted by atomic mass is 10.00. The van der Waals surface area contributed by atoms with Crippen molar-refractivity contribution in [3.05, 3.63) is 82.6 Å². The zero-order chi connectivity index (χ0) is 29.5. The maximum atomic E-state index is 14.3. The summed E-state index contributed by atoms with van der Waals surface area (Å²) in [5.41, 5.74) is 4.57. The fourth-order valence-corrected chi connectivity index (χ4v) is 4.56. The first-order chi connectivity index (χ1) is 19.7. The summed E-state index contributed by atoms with van der Waals surface area (Å²) >= 11 is 0. The summed E-state index contributed by atoms with van der Waals surface area (Å²) < 4.78 is 36.2. The van der Waals surface area contributed by atoms with Gasteiger partial charge >= 0.3 is 6.09 Å². The Labute approximate surface area is 238 Å². The van der Waals surface area contributed by atoms with Gasteiger partial charge in [-0.25, -0.2) is 9.18 Å². The zero-order valence-electron chi connectivity index (χ0n) is 23.8. The molecule has 1 heterocycles. The second kappa shape index (κ2) is 13.2. The summed E-state index contributed by atoms with van der Waals surface area (Å²) in [6.45, 7) is 3.23. The third-order valence-corrected chi connectivity index (χ3v) is 6.65. The monoisotopic (exact) mass is 563 g/mol. The number of hydrogen-bond donors (Lipinski definition) is 2. The average Bonchev–Trinajstić information content (AvgIpc) is 3.55. The number of allylic oxidation sites excluding steroid dienone is 2. The molecule has 0 spiro atoms. The van der Waals surface area contributed by atoms with Crippen LogP contribution in [0.1, 0.15) is 35.8 Å². The van der Waals surface area contributed by atoms with Crippen molar-refractivity contribution in [1.82, 2.24) is 15.5 Å². The van der Waals surface area contributed by atoms with E-state index in [2.05, 4.69) is 10.6 Å². The van der Waals surface area contributed by atoms with Gasteiger partial charge in [0.2, 0.25) is 11.7 Å². The minimum atomic E-state index is -0.630. The van der Waals surface area contributed by atoms with E-state index >= 15 is 0 Å². The first kappa shape index (κ1) is 29.4. The fourth-order valence-electron chi connectivity index (χ4n) is 4.56. The number of fused-ring (bicyclic) bond motifs is 1. The van der Waals surface area contributed by atoms with Crippen LogP contribution in [0.5, 0.6) is 17.2 Å². The molecule has 0 bridgehead atoms. The first-order valence-electron chi connectivity index (χ1n) is 13.1. The molecule has 41 heavy (non-hydrogen) atoms. The Morgan fingerprint density at radius 1 is 1.02 bits per heavy atom. The van der Waals surface area contributed by atoms with Crippen molar-refractivity contribution in [2.45, 2.75) is 19.9 Å². The molecule has 0 fully saturated rings. The van der Waals surface area contributed by atoms with Gasteiger partial charge in [0.1, 0.15) is 11.6 Å². The quantitative estimate of drug-likeness (QED) is 0.334. The van der Waals surface area contributed by atoms with Gasteiger partial charge in [0.15, 0.2) is 11.5 Å². The van der Waals surface area contributed by atoms with Gasteiger partial charge in [-0.2, -0.15) is 0 Å². The fraction of sp³-hybridized carbons (Fsp3) is 0.290. The molecule has 10 heteroatoms. The van der Waals surface area contributed by atoms with Crippen molar-refractivity contribution in [2.24, 2.45) is 0 Å². The molecule has 2 aromatic carbocycles. The number of benzene rings is 2. The Bertz CT molecular complexity index is 1450. The van der Waals surface area contributed by atoms with Gasteiger partial charge in [-0.1, -0.05) is 6.07 Å². The molecule has 216 valence electrons. The highest BCUT2D eigenvalue weighted by Gasteiger charge is 2.26. The number of nitrogens with zero attached hydrogens (tertiary/aromatic N) is 1. The molecule has 0 saturated carbocycles. The Kier molecular flexibility index (Phi) is 9.46. The molecule has 0 unspecified atom stereocenters. The lowest BCUT2D eigenvalue weighted by molar-refractivity contribution is -0.120. The number of nitrogens with one attached hydrogen (secondary N) is 2. The van der Waals surface area contributed by atoms with E-state index < -0.39 is 6.09 Å². The maximum absolute atomic E-state index is 14.3. The second-order valence-corrected chi connectivity index (χ2v) is 9.76. The predicted molar refractivity (Wildman–Crippen MR) is 154 cm³/mol. The van der Waals surface area contributed by atoms with Crippen molar-refractivity contribution in [3.63, 3.8) is 0 Å². The van der Waals surface area contributed by atoms with Crippen LogP contribution >= 0.6 is 0 Å². The first-order valence-corrected chi connectivity index (χ1v) is 13.1. The number of carbonyl (C=O) groups is 2. The summed E-state index contributed by atoms with van der Waals surface area (Å²) in [5.74, 6) is 0.797. The van der Waals surface area contributed by atoms with E-state index in [0.717, 1.165) is 22.3 Å². The molecule has 0 atom stereocenters. The number of hydrogen-bond acceptors (Lipinski definition) is 7. The maximum Gasteiger partial charge on any atom is 0.412 e. The van der Waals surface area contributed by atoms with Crippen molar-refractivity contribution < 1.29 is 32.6 Å². The third-order valence-electron chi connectivity index (χ3n) is 6.65. The van der Waals surface area contributed by atoms with E-state index in [1.165, 1.54) is 26.4 Å². The van der Waals surface area contributed by atoms with Gasteiger partial charge in [-0.3, -0.25) is 4.79 Å². The van der Waals surface area contributed by atoms with Crippen molar-refractivity contribution in [2.75, 3.05) is 41.4 Å². The minimum Gasteiger partial charge on any atom is -0.493 e. The summed E-state index contributed by atoms with van der Waals surface area (Å²) in [6, 6.07) is 11.5. The number of carbonyl (C=O) groups excluding carboxylic acids is 2. The third kappa shape index (κ3) is 7.15. The standard InChI is InChI=1S/C31H34FN3O6/c1-19-24(13-20-14-27(38-4)30(28(15-20)39-5)41-31(37)33-10-11-35(2)3)23-9-8-21(32)16-26(23)25(19)17-29(36)34-18-22-7-6-12-40-22/h6-9,12-16H,10-11,17-18H2,1-5H3,(H,33,37)(H,34,36). The van der Waals surface area contributed by atoms with Crippen LogP contribution in [0.4, 0.5) is 9.18 Å². The number of methoxy groups -OCH3 is 2. The van der Waals surface area contributed by atoms with E-state index in [-0.39, 0.29) is 30.4 Å². The van der Waals surface area contributed by atoms with Crippen LogP contribution < -0.4 is 24.8 Å². The van der Waals surface area contributed by atoms with Gasteiger partial charge in [0.05, 0.1) is 33.4 Å². The molecule has 0 radical (unpaired) electrons. The van der Waals surface area contributed by atoms with Crippen molar-refractivity contribution in [3.8, 4) is 17.2 Å².